The Morgan fingerprint density at radius 2 is 1.87 bits per heavy atom. The van der Waals surface area contributed by atoms with E-state index in [2.05, 4.69) is 10.6 Å². The van der Waals surface area contributed by atoms with Crippen molar-refractivity contribution in [1.29, 1.82) is 0 Å². The van der Waals surface area contributed by atoms with Crippen molar-refractivity contribution in [2.24, 2.45) is 5.73 Å². The van der Waals surface area contributed by atoms with Gasteiger partial charge in [0.25, 0.3) is 5.69 Å². The molecule has 1 aromatic carbocycles. The fraction of sp³-hybridized carbons (Fsp3) is 0.562. The molecule has 0 atom stereocenters. The van der Waals surface area contributed by atoms with Gasteiger partial charge in [0.2, 0.25) is 5.91 Å². The fourth-order valence-electron chi connectivity index (χ4n) is 2.31. The highest BCUT2D eigenvalue weighted by Crippen LogP contribution is 2.16. The van der Waals surface area contributed by atoms with Gasteiger partial charge in [-0.05, 0) is 31.4 Å². The maximum Gasteiger partial charge on any atom is 0.269 e. The third-order valence-corrected chi connectivity index (χ3v) is 4.14. The first kappa shape index (κ1) is 18.9. The monoisotopic (exact) mass is 322 g/mol. The number of hydrogen-bond acceptors (Lipinski definition) is 5. The van der Waals surface area contributed by atoms with Crippen molar-refractivity contribution < 1.29 is 9.72 Å². The Bertz CT molecular complexity index is 504. The minimum atomic E-state index is -0.431. The predicted molar refractivity (Wildman–Crippen MR) is 91.3 cm³/mol. The molecule has 0 fully saturated rings. The average molecular weight is 322 g/mol. The lowest BCUT2D eigenvalue weighted by atomic mass is 9.92. The lowest BCUT2D eigenvalue weighted by molar-refractivity contribution is -0.384. The highest BCUT2D eigenvalue weighted by atomic mass is 16.6. The maximum atomic E-state index is 12.0. The van der Waals surface area contributed by atoms with E-state index >= 15 is 0 Å². The van der Waals surface area contributed by atoms with Gasteiger partial charge in [0.1, 0.15) is 0 Å². The number of nitrogens with one attached hydrogen (secondary N) is 2. The molecule has 0 aliphatic heterocycles. The number of nitrogens with two attached hydrogens (primary N) is 1. The highest BCUT2D eigenvalue weighted by molar-refractivity contribution is 5.76. The second kappa shape index (κ2) is 9.09. The number of non-ortho nitro benzene ring substituents is 1. The summed E-state index contributed by atoms with van der Waals surface area (Å²) in [6.45, 7) is 5.10. The second-order valence-corrected chi connectivity index (χ2v) is 5.57. The van der Waals surface area contributed by atoms with Crippen LogP contribution in [0.15, 0.2) is 24.3 Å². The summed E-state index contributed by atoms with van der Waals surface area (Å²) in [6.07, 6.45) is 2.72. The van der Waals surface area contributed by atoms with Crippen LogP contribution in [0, 0.1) is 10.1 Å². The van der Waals surface area contributed by atoms with Crippen molar-refractivity contribution in [3.8, 4) is 0 Å². The summed E-state index contributed by atoms with van der Waals surface area (Å²) in [6, 6.07) is 6.22. The number of anilines is 1. The van der Waals surface area contributed by atoms with E-state index < -0.39 is 4.92 Å². The highest BCUT2D eigenvalue weighted by Gasteiger charge is 2.25. The molecule has 0 aliphatic rings. The van der Waals surface area contributed by atoms with E-state index in [9.17, 15) is 14.9 Å². The first-order chi connectivity index (χ1) is 11.0. The Morgan fingerprint density at radius 3 is 2.35 bits per heavy atom. The van der Waals surface area contributed by atoms with Crippen molar-refractivity contribution in [3.63, 3.8) is 0 Å². The average Bonchev–Trinajstić information content (AvgIpc) is 2.57. The van der Waals surface area contributed by atoms with Crippen LogP contribution in [-0.2, 0) is 4.79 Å². The third kappa shape index (κ3) is 5.86. The second-order valence-electron chi connectivity index (χ2n) is 5.57. The van der Waals surface area contributed by atoms with Gasteiger partial charge in [0.15, 0.2) is 0 Å². The third-order valence-electron chi connectivity index (χ3n) is 4.14. The molecule has 0 spiro atoms. The van der Waals surface area contributed by atoms with E-state index in [0.717, 1.165) is 18.5 Å². The van der Waals surface area contributed by atoms with Crippen LogP contribution in [0.3, 0.4) is 0 Å². The molecule has 0 aromatic heterocycles. The maximum absolute atomic E-state index is 12.0. The Hall–Kier alpha value is -2.15. The van der Waals surface area contributed by atoms with Gasteiger partial charge in [-0.15, -0.1) is 0 Å². The van der Waals surface area contributed by atoms with Crippen LogP contribution in [0.5, 0.6) is 0 Å². The van der Waals surface area contributed by atoms with Crippen molar-refractivity contribution in [1.82, 2.24) is 5.32 Å². The van der Waals surface area contributed by atoms with Crippen LogP contribution in [0.2, 0.25) is 0 Å². The van der Waals surface area contributed by atoms with Gasteiger partial charge in [-0.25, -0.2) is 0 Å². The van der Waals surface area contributed by atoms with Crippen LogP contribution in [0.25, 0.3) is 0 Å². The molecule has 0 bridgehead atoms. The number of nitro benzene ring substituents is 1. The molecular formula is C16H26N4O3. The Labute approximate surface area is 136 Å². The van der Waals surface area contributed by atoms with Crippen molar-refractivity contribution in [3.05, 3.63) is 34.4 Å². The Balaban J connectivity index is 2.34. The number of nitro groups is 1. The molecule has 7 heteroatoms. The molecule has 23 heavy (non-hydrogen) atoms. The standard InChI is InChI=1S/C16H26N4O3/c1-3-16(4-2,12-17)19-15(21)6-5-11-18-13-7-9-14(10-8-13)20(22)23/h7-10,18H,3-6,11-12,17H2,1-2H3,(H,19,21). The molecule has 1 amide bonds. The topological polar surface area (TPSA) is 110 Å². The van der Waals surface area contributed by atoms with E-state index in [4.69, 9.17) is 5.73 Å². The molecule has 0 radical (unpaired) electrons. The van der Waals surface area contributed by atoms with E-state index in [1.54, 1.807) is 12.1 Å². The van der Waals surface area contributed by atoms with Crippen LogP contribution in [0.4, 0.5) is 11.4 Å². The molecule has 0 unspecified atom stereocenters. The fourth-order valence-corrected chi connectivity index (χ4v) is 2.31. The van der Waals surface area contributed by atoms with Gasteiger partial charge in [0, 0.05) is 37.3 Å². The summed E-state index contributed by atoms with van der Waals surface area (Å²) in [7, 11) is 0. The van der Waals surface area contributed by atoms with Crippen molar-refractivity contribution >= 4 is 17.3 Å². The van der Waals surface area contributed by atoms with Gasteiger partial charge < -0.3 is 16.4 Å². The molecule has 1 rings (SSSR count). The summed E-state index contributed by atoms with van der Waals surface area (Å²) in [5.74, 6) is 0.00431. The first-order valence-corrected chi connectivity index (χ1v) is 7.95. The molecule has 1 aromatic rings. The smallest absolute Gasteiger partial charge is 0.269 e. The molecule has 7 nitrogen and oxygen atoms in total. The van der Waals surface area contributed by atoms with Crippen LogP contribution in [-0.4, -0.2) is 29.5 Å². The molecule has 0 saturated carbocycles. The number of nitrogens with zero attached hydrogens (tertiary/aromatic N) is 1. The number of benzene rings is 1. The minimum Gasteiger partial charge on any atom is -0.385 e. The SMILES string of the molecule is CCC(CC)(CN)NC(=O)CCCNc1ccc([N+](=O)[O-])cc1. The van der Waals surface area contributed by atoms with Gasteiger partial charge in [0.05, 0.1) is 10.5 Å². The molecule has 0 saturated heterocycles. The van der Waals surface area contributed by atoms with Crippen LogP contribution >= 0.6 is 0 Å². The van der Waals surface area contributed by atoms with E-state index in [1.165, 1.54) is 12.1 Å². The van der Waals surface area contributed by atoms with Crippen molar-refractivity contribution in [2.75, 3.05) is 18.4 Å². The van der Waals surface area contributed by atoms with E-state index in [0.29, 0.717) is 25.9 Å². The number of hydrogen-bond donors (Lipinski definition) is 3. The molecular weight excluding hydrogens is 296 g/mol. The minimum absolute atomic E-state index is 0.00431. The summed E-state index contributed by atoms with van der Waals surface area (Å²) < 4.78 is 0. The summed E-state index contributed by atoms with van der Waals surface area (Å²) in [4.78, 5) is 22.1. The predicted octanol–water partition coefficient (Wildman–Crippen LogP) is 2.42. The van der Waals surface area contributed by atoms with Gasteiger partial charge >= 0.3 is 0 Å². The largest absolute Gasteiger partial charge is 0.385 e. The lowest BCUT2D eigenvalue weighted by Crippen LogP contribution is -2.52. The zero-order valence-electron chi connectivity index (χ0n) is 13.8. The van der Waals surface area contributed by atoms with Gasteiger partial charge in [-0.2, -0.15) is 0 Å². The first-order valence-electron chi connectivity index (χ1n) is 7.95. The number of rotatable bonds is 10. The zero-order chi connectivity index (χ0) is 17.3. The summed E-state index contributed by atoms with van der Waals surface area (Å²) >= 11 is 0. The number of carbonyl (C=O) groups excluding carboxylic acids is 1. The van der Waals surface area contributed by atoms with Crippen LogP contribution < -0.4 is 16.4 Å². The lowest BCUT2D eigenvalue weighted by Gasteiger charge is -2.31. The molecule has 4 N–H and O–H groups in total. The molecule has 0 heterocycles. The van der Waals surface area contributed by atoms with Gasteiger partial charge in [-0.1, -0.05) is 13.8 Å². The zero-order valence-corrected chi connectivity index (χ0v) is 13.8. The normalized spacial score (nSPS) is 11.1. The molecule has 0 aliphatic carbocycles. The Morgan fingerprint density at radius 1 is 1.26 bits per heavy atom. The molecule has 128 valence electrons. The number of amides is 1. The van der Waals surface area contributed by atoms with Gasteiger partial charge in [-0.3, -0.25) is 14.9 Å². The van der Waals surface area contributed by atoms with Crippen LogP contribution in [0.1, 0.15) is 39.5 Å². The number of carbonyl (C=O) groups is 1. The summed E-state index contributed by atoms with van der Waals surface area (Å²) in [5, 5.41) is 16.7. The van der Waals surface area contributed by atoms with E-state index in [-0.39, 0.29) is 17.1 Å². The summed E-state index contributed by atoms with van der Waals surface area (Å²) in [5.41, 5.74) is 6.33. The Kier molecular flexibility index (Phi) is 7.47. The van der Waals surface area contributed by atoms with E-state index in [1.807, 2.05) is 13.8 Å². The van der Waals surface area contributed by atoms with Crippen molar-refractivity contribution in [2.45, 2.75) is 45.1 Å². The quantitative estimate of drug-likeness (QED) is 0.348.